The van der Waals surface area contributed by atoms with Crippen molar-refractivity contribution in [2.45, 2.75) is 12.3 Å². The van der Waals surface area contributed by atoms with E-state index >= 15 is 0 Å². The van der Waals surface area contributed by atoms with Crippen molar-refractivity contribution in [2.24, 2.45) is 0 Å². The monoisotopic (exact) mass is 703 g/mol. The number of rotatable bonds is 8. The Balaban J connectivity index is 0.00000148. The van der Waals surface area contributed by atoms with E-state index in [9.17, 15) is 0 Å². The number of benzene rings is 5. The molecular formula is C32H27ClP2Pt. The fourth-order valence-electron chi connectivity index (χ4n) is 4.19. The molecule has 5 rings (SSSR count). The molecule has 0 aliphatic heterocycles. The molecule has 4 heteroatoms. The quantitative estimate of drug-likeness (QED) is 0.117. The molecule has 0 saturated carbocycles. The summed E-state index contributed by atoms with van der Waals surface area (Å²) in [5, 5.41) is 5.66. The van der Waals surface area contributed by atoms with Crippen molar-refractivity contribution >= 4 is 46.5 Å². The molecule has 0 unspecified atom stereocenters. The third kappa shape index (κ3) is 7.48. The van der Waals surface area contributed by atoms with Crippen LogP contribution in [0.2, 0.25) is 0 Å². The zero-order chi connectivity index (χ0) is 25.0. The van der Waals surface area contributed by atoms with Crippen LogP contribution < -0.4 is 21.2 Å². The zero-order valence-electron chi connectivity index (χ0n) is 19.8. The topological polar surface area (TPSA) is 0 Å². The summed E-state index contributed by atoms with van der Waals surface area (Å²) in [6.45, 7) is 0. The van der Waals surface area contributed by atoms with Gasteiger partial charge in [0.05, 0.1) is 0 Å². The fourth-order valence-corrected chi connectivity index (χ4v) is 8.70. The second-order valence-electron chi connectivity index (χ2n) is 8.22. The van der Waals surface area contributed by atoms with Gasteiger partial charge in [0.25, 0.3) is 0 Å². The minimum Gasteiger partial charge on any atom is -0.176 e. The van der Waals surface area contributed by atoms with Crippen LogP contribution >= 0.6 is 25.3 Å². The van der Waals surface area contributed by atoms with Gasteiger partial charge in [0.15, 0.2) is 0 Å². The van der Waals surface area contributed by atoms with Crippen LogP contribution in [0.1, 0.15) is 11.1 Å². The molecule has 0 aliphatic rings. The van der Waals surface area contributed by atoms with E-state index < -0.39 is 15.8 Å². The summed E-state index contributed by atoms with van der Waals surface area (Å²) < 4.78 is 0. The predicted octanol–water partition coefficient (Wildman–Crippen LogP) is 7.44. The van der Waals surface area contributed by atoms with Crippen molar-refractivity contribution in [1.82, 2.24) is 0 Å². The average molecular weight is 704 g/mol. The first kappa shape index (κ1) is 27.0. The van der Waals surface area contributed by atoms with Crippen LogP contribution in [0.15, 0.2) is 140 Å². The van der Waals surface area contributed by atoms with Gasteiger partial charge in [0.1, 0.15) is 0 Å². The third-order valence-corrected chi connectivity index (χ3v) is 10.8. The molecule has 0 fully saturated rings. The van der Waals surface area contributed by atoms with E-state index in [0.29, 0.717) is 0 Å². The van der Waals surface area contributed by atoms with Gasteiger partial charge in [-0.15, -0.1) is 0 Å². The van der Waals surface area contributed by atoms with E-state index in [0.717, 1.165) is 12.3 Å². The Hall–Kier alpha value is -2.06. The first-order valence-electron chi connectivity index (χ1n) is 11.7. The van der Waals surface area contributed by atoms with Gasteiger partial charge in [-0.3, -0.25) is 0 Å². The van der Waals surface area contributed by atoms with Crippen LogP contribution in [0.4, 0.5) is 0 Å². The van der Waals surface area contributed by atoms with Crippen LogP contribution in [0.5, 0.6) is 0 Å². The van der Waals surface area contributed by atoms with Crippen molar-refractivity contribution in [3.8, 4) is 0 Å². The summed E-state index contributed by atoms with van der Waals surface area (Å²) in [4.78, 5) is 0. The van der Waals surface area contributed by atoms with Gasteiger partial charge >= 0.3 is 28.2 Å². The van der Waals surface area contributed by atoms with Crippen LogP contribution in [0.3, 0.4) is 0 Å². The Bertz CT molecular complexity index is 1120. The van der Waals surface area contributed by atoms with E-state index in [1.165, 1.54) is 32.3 Å². The maximum Gasteiger partial charge on any atom is -0.0193 e. The van der Waals surface area contributed by atoms with Crippen molar-refractivity contribution in [3.05, 3.63) is 157 Å². The standard InChI is InChI=1S/C32H27P2.ClH.Pt/c1-5-16-29(17-6-1)33(30-18-7-2-8-19-30)25-27-14-13-15-28(24-27)26-34(31-20-9-3-10-21-31)32-22-11-4-12-23-32;;/h1-23H,25-26H2;1H;/q-1;;+2/p-1. The van der Waals surface area contributed by atoms with Gasteiger partial charge in [-0.05, 0) is 49.4 Å². The molecule has 0 heterocycles. The predicted molar refractivity (Wildman–Crippen MR) is 157 cm³/mol. The molecule has 0 aliphatic carbocycles. The van der Waals surface area contributed by atoms with E-state index in [1.54, 1.807) is 18.8 Å². The Morgan fingerprint density at radius 1 is 0.417 bits per heavy atom. The molecule has 36 heavy (non-hydrogen) atoms. The molecule has 0 aromatic heterocycles. The second-order valence-corrected chi connectivity index (χ2v) is 12.6. The summed E-state index contributed by atoms with van der Waals surface area (Å²) in [6.07, 6.45) is 2.01. The number of hydrogen-bond donors (Lipinski definition) is 0. The van der Waals surface area contributed by atoms with Crippen LogP contribution in [-0.2, 0) is 31.1 Å². The van der Waals surface area contributed by atoms with Gasteiger partial charge in [-0.25, -0.2) is 0 Å². The van der Waals surface area contributed by atoms with Crippen molar-refractivity contribution < 1.29 is 18.8 Å². The Labute approximate surface area is 233 Å². The molecule has 5 aromatic rings. The SMILES string of the molecule is [Cl][Pt+].[c-]1c(CP(c2ccccc2)c2ccccc2)cccc1CP(c1ccccc1)c1ccccc1. The van der Waals surface area contributed by atoms with Gasteiger partial charge < -0.3 is 0 Å². The fraction of sp³-hybridized carbons (Fsp3) is 0.0625. The van der Waals surface area contributed by atoms with Gasteiger partial charge in [-0.1, -0.05) is 121 Å². The van der Waals surface area contributed by atoms with E-state index in [4.69, 9.17) is 0 Å². The molecule has 0 radical (unpaired) electrons. The minimum atomic E-state index is -0.473. The van der Waals surface area contributed by atoms with Crippen LogP contribution in [0, 0.1) is 6.07 Å². The molecule has 0 bridgehead atoms. The van der Waals surface area contributed by atoms with Crippen molar-refractivity contribution in [2.75, 3.05) is 0 Å². The maximum absolute atomic E-state index is 4.61. The summed E-state index contributed by atoms with van der Waals surface area (Å²) in [6, 6.07) is 54.3. The molecule has 5 aromatic carbocycles. The molecule has 0 atom stereocenters. The average Bonchev–Trinajstić information content (AvgIpc) is 2.98. The van der Waals surface area contributed by atoms with Crippen molar-refractivity contribution in [3.63, 3.8) is 0 Å². The summed E-state index contributed by atoms with van der Waals surface area (Å²) in [5.41, 5.74) is 2.60. The molecular weight excluding hydrogens is 677 g/mol. The smallest absolute Gasteiger partial charge is 0.0193 e. The minimum absolute atomic E-state index is 0.473. The molecule has 0 saturated heterocycles. The largest absolute Gasteiger partial charge is 0.176 e. The van der Waals surface area contributed by atoms with E-state index in [-0.39, 0.29) is 0 Å². The zero-order valence-corrected chi connectivity index (χ0v) is 24.6. The number of hydrogen-bond acceptors (Lipinski definition) is 0. The van der Waals surface area contributed by atoms with E-state index in [2.05, 4.69) is 155 Å². The molecule has 0 N–H and O–H groups in total. The molecule has 182 valence electrons. The molecule has 0 amide bonds. The van der Waals surface area contributed by atoms with Crippen LogP contribution in [-0.4, -0.2) is 0 Å². The van der Waals surface area contributed by atoms with Gasteiger partial charge in [0, 0.05) is 0 Å². The molecule has 0 spiro atoms. The Morgan fingerprint density at radius 3 is 0.972 bits per heavy atom. The van der Waals surface area contributed by atoms with Gasteiger partial charge in [-0.2, -0.15) is 35.4 Å². The first-order chi connectivity index (χ1) is 17.9. The van der Waals surface area contributed by atoms with Crippen molar-refractivity contribution in [1.29, 1.82) is 0 Å². The Kier molecular flexibility index (Phi) is 11.0. The summed E-state index contributed by atoms with van der Waals surface area (Å²) in [7, 11) is 3.66. The normalized spacial score (nSPS) is 10.7. The van der Waals surface area contributed by atoms with Gasteiger partial charge in [0.2, 0.25) is 0 Å². The third-order valence-electron chi connectivity index (χ3n) is 5.84. The first-order valence-corrected chi connectivity index (χ1v) is 17.6. The Morgan fingerprint density at radius 2 is 0.694 bits per heavy atom. The number of halogens is 1. The summed E-state index contributed by atoms with van der Waals surface area (Å²) >= 11 is 1.61. The molecule has 0 nitrogen and oxygen atoms in total. The second kappa shape index (κ2) is 14.6. The van der Waals surface area contributed by atoms with Crippen LogP contribution in [0.25, 0.3) is 0 Å². The van der Waals surface area contributed by atoms with E-state index in [1.807, 2.05) is 0 Å². The summed E-state index contributed by atoms with van der Waals surface area (Å²) in [5.74, 6) is 0. The maximum atomic E-state index is 4.61.